The van der Waals surface area contributed by atoms with E-state index in [0.29, 0.717) is 5.56 Å². The first kappa shape index (κ1) is 20.8. The first-order valence-corrected chi connectivity index (χ1v) is 10.7. The van der Waals surface area contributed by atoms with Gasteiger partial charge >= 0.3 is 0 Å². The number of carbonyl (C=O) groups is 1. The van der Waals surface area contributed by atoms with Gasteiger partial charge in [0.25, 0.3) is 0 Å². The zero-order valence-corrected chi connectivity index (χ0v) is 17.0. The predicted molar refractivity (Wildman–Crippen MR) is 107 cm³/mol. The highest BCUT2D eigenvalue weighted by atomic mass is 35.5. The Hall–Kier alpha value is -1.93. The molecule has 0 bridgehead atoms. The number of hydrogen-bond donors (Lipinski definition) is 0. The smallest absolute Gasteiger partial charge is 0.246 e. The number of benzene rings is 2. The summed E-state index contributed by atoms with van der Waals surface area (Å²) in [6, 6.07) is 10.3. The molecule has 1 heterocycles. The van der Waals surface area contributed by atoms with E-state index in [1.54, 1.807) is 29.2 Å². The number of piperazine rings is 1. The Morgan fingerprint density at radius 3 is 2.11 bits per heavy atom. The third-order valence-corrected chi connectivity index (χ3v) is 7.21. The molecule has 148 valence electrons. The largest absolute Gasteiger partial charge is 0.337 e. The Balaban J connectivity index is 1.65. The van der Waals surface area contributed by atoms with Gasteiger partial charge in [-0.25, -0.2) is 12.8 Å². The molecule has 0 radical (unpaired) electrons. The number of sulfonamides is 1. The molecular formula is C19H17Cl2FN2O3S. The highest BCUT2D eigenvalue weighted by molar-refractivity contribution is 7.89. The predicted octanol–water partition coefficient (Wildman–Crippen LogP) is 3.68. The SMILES string of the molecule is O=C(/C=C/c1ccc(F)cc1)N1CCN(S(=O)(=O)c2c(Cl)cccc2Cl)CC1. The van der Waals surface area contributed by atoms with Gasteiger partial charge in [0.1, 0.15) is 10.7 Å². The molecule has 5 nitrogen and oxygen atoms in total. The molecule has 1 fully saturated rings. The molecule has 1 aliphatic heterocycles. The van der Waals surface area contributed by atoms with E-state index in [-0.39, 0.29) is 52.8 Å². The maximum Gasteiger partial charge on any atom is 0.246 e. The second-order valence-corrected chi connectivity index (χ2v) is 8.85. The lowest BCUT2D eigenvalue weighted by Crippen LogP contribution is -2.50. The van der Waals surface area contributed by atoms with E-state index in [9.17, 15) is 17.6 Å². The molecule has 28 heavy (non-hydrogen) atoms. The molecule has 0 saturated carbocycles. The van der Waals surface area contributed by atoms with Gasteiger partial charge in [0.2, 0.25) is 15.9 Å². The van der Waals surface area contributed by atoms with Gasteiger partial charge in [-0.15, -0.1) is 0 Å². The van der Waals surface area contributed by atoms with Crippen molar-refractivity contribution in [2.75, 3.05) is 26.2 Å². The fraction of sp³-hybridized carbons (Fsp3) is 0.211. The van der Waals surface area contributed by atoms with Gasteiger partial charge in [-0.05, 0) is 35.9 Å². The summed E-state index contributed by atoms with van der Waals surface area (Å²) in [5.74, 6) is -0.587. The summed E-state index contributed by atoms with van der Waals surface area (Å²) in [7, 11) is -3.85. The third-order valence-electron chi connectivity index (χ3n) is 4.36. The minimum Gasteiger partial charge on any atom is -0.337 e. The van der Waals surface area contributed by atoms with Crippen molar-refractivity contribution < 1.29 is 17.6 Å². The molecule has 1 amide bonds. The van der Waals surface area contributed by atoms with Crippen LogP contribution < -0.4 is 0 Å². The molecule has 0 aromatic heterocycles. The molecule has 0 N–H and O–H groups in total. The van der Waals surface area contributed by atoms with Crippen molar-refractivity contribution >= 4 is 45.2 Å². The molecule has 0 aliphatic carbocycles. The Kier molecular flexibility index (Phi) is 6.40. The fourth-order valence-electron chi connectivity index (χ4n) is 2.85. The Morgan fingerprint density at radius 2 is 1.54 bits per heavy atom. The molecule has 1 aliphatic rings. The normalized spacial score (nSPS) is 15.9. The van der Waals surface area contributed by atoms with Crippen LogP contribution in [-0.4, -0.2) is 49.7 Å². The van der Waals surface area contributed by atoms with Crippen molar-refractivity contribution in [2.24, 2.45) is 0 Å². The van der Waals surface area contributed by atoms with Crippen LogP contribution >= 0.6 is 23.2 Å². The van der Waals surface area contributed by atoms with Crippen molar-refractivity contribution in [3.05, 3.63) is 70.0 Å². The maximum absolute atomic E-state index is 12.9. The number of carbonyl (C=O) groups excluding carboxylic acids is 1. The summed E-state index contributed by atoms with van der Waals surface area (Å²) in [6.07, 6.45) is 2.98. The number of rotatable bonds is 4. The van der Waals surface area contributed by atoms with Crippen LogP contribution in [0.5, 0.6) is 0 Å². The van der Waals surface area contributed by atoms with E-state index < -0.39 is 10.0 Å². The third kappa shape index (κ3) is 4.55. The lowest BCUT2D eigenvalue weighted by Gasteiger charge is -2.33. The first-order chi connectivity index (χ1) is 13.3. The van der Waals surface area contributed by atoms with Gasteiger partial charge in [0, 0.05) is 32.3 Å². The second-order valence-electron chi connectivity index (χ2n) is 6.17. The van der Waals surface area contributed by atoms with E-state index in [4.69, 9.17) is 23.2 Å². The molecule has 1 saturated heterocycles. The van der Waals surface area contributed by atoms with Crippen LogP contribution in [0.2, 0.25) is 10.0 Å². The van der Waals surface area contributed by atoms with Crippen molar-refractivity contribution in [3.63, 3.8) is 0 Å². The van der Waals surface area contributed by atoms with Crippen LogP contribution in [0.3, 0.4) is 0 Å². The summed E-state index contributed by atoms with van der Waals surface area (Å²) in [4.78, 5) is 13.8. The van der Waals surface area contributed by atoms with Gasteiger partial charge in [0.15, 0.2) is 0 Å². The minimum atomic E-state index is -3.85. The summed E-state index contributed by atoms with van der Waals surface area (Å²) in [5.41, 5.74) is 0.698. The summed E-state index contributed by atoms with van der Waals surface area (Å²) >= 11 is 12.1. The Morgan fingerprint density at radius 1 is 0.964 bits per heavy atom. The Labute approximate surface area is 173 Å². The zero-order chi connectivity index (χ0) is 20.3. The standard InChI is InChI=1S/C19H17Cl2FN2O3S/c20-16-2-1-3-17(21)19(16)28(26,27)24-12-10-23(11-13-24)18(25)9-6-14-4-7-15(22)8-5-14/h1-9H,10-13H2/b9-6+. The lowest BCUT2D eigenvalue weighted by atomic mass is 10.2. The van der Waals surface area contributed by atoms with Gasteiger partial charge < -0.3 is 4.90 Å². The van der Waals surface area contributed by atoms with Gasteiger partial charge in [-0.1, -0.05) is 41.4 Å². The lowest BCUT2D eigenvalue weighted by molar-refractivity contribution is -0.127. The van der Waals surface area contributed by atoms with Crippen LogP contribution in [0, 0.1) is 5.82 Å². The molecule has 3 rings (SSSR count). The molecule has 0 unspecified atom stereocenters. The number of amides is 1. The van der Waals surface area contributed by atoms with Crippen molar-refractivity contribution in [1.82, 2.24) is 9.21 Å². The highest BCUT2D eigenvalue weighted by Crippen LogP contribution is 2.31. The highest BCUT2D eigenvalue weighted by Gasteiger charge is 2.32. The number of nitrogens with zero attached hydrogens (tertiary/aromatic N) is 2. The quantitative estimate of drug-likeness (QED) is 0.678. The van der Waals surface area contributed by atoms with E-state index in [2.05, 4.69) is 0 Å². The minimum absolute atomic E-state index is 0.0632. The maximum atomic E-state index is 12.9. The van der Waals surface area contributed by atoms with Crippen LogP contribution in [-0.2, 0) is 14.8 Å². The van der Waals surface area contributed by atoms with Crippen molar-refractivity contribution in [3.8, 4) is 0 Å². The average molecular weight is 443 g/mol. The average Bonchev–Trinajstić information content (AvgIpc) is 2.67. The second kappa shape index (κ2) is 8.61. The van der Waals surface area contributed by atoms with E-state index in [1.807, 2.05) is 0 Å². The van der Waals surface area contributed by atoms with Gasteiger partial charge in [-0.3, -0.25) is 4.79 Å². The summed E-state index contributed by atoms with van der Waals surface area (Å²) in [5, 5.41) is 0.126. The van der Waals surface area contributed by atoms with E-state index >= 15 is 0 Å². The Bertz CT molecular complexity index is 982. The first-order valence-electron chi connectivity index (χ1n) is 8.46. The number of hydrogen-bond acceptors (Lipinski definition) is 3. The van der Waals surface area contributed by atoms with E-state index in [0.717, 1.165) is 0 Å². The van der Waals surface area contributed by atoms with Gasteiger partial charge in [-0.2, -0.15) is 4.31 Å². The van der Waals surface area contributed by atoms with Gasteiger partial charge in [0.05, 0.1) is 10.0 Å². The molecule has 0 spiro atoms. The van der Waals surface area contributed by atoms with Crippen LogP contribution in [0.15, 0.2) is 53.4 Å². The fourth-order valence-corrected chi connectivity index (χ4v) is 5.37. The van der Waals surface area contributed by atoms with Crippen molar-refractivity contribution in [1.29, 1.82) is 0 Å². The van der Waals surface area contributed by atoms with Crippen molar-refractivity contribution in [2.45, 2.75) is 4.90 Å². The molecule has 9 heteroatoms. The van der Waals surface area contributed by atoms with Crippen LogP contribution in [0.25, 0.3) is 6.08 Å². The molecule has 2 aromatic rings. The zero-order valence-electron chi connectivity index (χ0n) is 14.7. The molecule has 2 aromatic carbocycles. The molecular weight excluding hydrogens is 426 g/mol. The summed E-state index contributed by atoms with van der Waals surface area (Å²) in [6.45, 7) is 0.766. The van der Waals surface area contributed by atoms with E-state index in [1.165, 1.54) is 34.6 Å². The topological polar surface area (TPSA) is 57.7 Å². The monoisotopic (exact) mass is 442 g/mol. The number of halogens is 3. The van der Waals surface area contributed by atoms with Crippen LogP contribution in [0.1, 0.15) is 5.56 Å². The summed E-state index contributed by atoms with van der Waals surface area (Å²) < 4.78 is 39.9. The van der Waals surface area contributed by atoms with Crippen LogP contribution in [0.4, 0.5) is 4.39 Å². The molecule has 0 atom stereocenters.